The molecule has 0 unspecified atom stereocenters. The molecule has 2 aromatic carbocycles. The lowest BCUT2D eigenvalue weighted by molar-refractivity contribution is -0.122. The van der Waals surface area contributed by atoms with E-state index >= 15 is 0 Å². The second-order valence-electron chi connectivity index (χ2n) is 7.10. The smallest absolute Gasteiger partial charge is 0.231 e. The lowest BCUT2D eigenvalue weighted by atomic mass is 10.0. The van der Waals surface area contributed by atoms with Crippen molar-refractivity contribution < 1.29 is 9.59 Å². The summed E-state index contributed by atoms with van der Waals surface area (Å²) in [5.74, 6) is -0.569. The molecule has 0 spiro atoms. The van der Waals surface area contributed by atoms with E-state index in [9.17, 15) is 9.59 Å². The number of nitrogens with one attached hydrogen (secondary N) is 1. The van der Waals surface area contributed by atoms with Gasteiger partial charge < -0.3 is 10.2 Å². The van der Waals surface area contributed by atoms with Gasteiger partial charge in [0.25, 0.3) is 0 Å². The van der Waals surface area contributed by atoms with E-state index in [0.29, 0.717) is 11.7 Å². The van der Waals surface area contributed by atoms with Crippen molar-refractivity contribution in [1.82, 2.24) is 10.2 Å². The average molecular weight is 378 g/mol. The Hall–Kier alpha value is -2.80. The summed E-state index contributed by atoms with van der Waals surface area (Å²) < 4.78 is 0. The summed E-state index contributed by atoms with van der Waals surface area (Å²) in [7, 11) is 0. The SMILES string of the molecule is Cc1nnc(NC(=O)[C@@H]2CC(=O)N(c3ccc4c5c(cccc35)CC4)C2)s1. The lowest BCUT2D eigenvalue weighted by Gasteiger charge is -2.19. The highest BCUT2D eigenvalue weighted by atomic mass is 32.1. The minimum absolute atomic E-state index is 0.0118. The predicted molar refractivity (Wildman–Crippen MR) is 105 cm³/mol. The Morgan fingerprint density at radius 2 is 2.00 bits per heavy atom. The van der Waals surface area contributed by atoms with Gasteiger partial charge in [-0.1, -0.05) is 35.6 Å². The topological polar surface area (TPSA) is 75.2 Å². The highest BCUT2D eigenvalue weighted by Gasteiger charge is 2.36. The van der Waals surface area contributed by atoms with E-state index in [1.165, 1.54) is 27.8 Å². The first-order chi connectivity index (χ1) is 13.1. The Balaban J connectivity index is 1.43. The average Bonchev–Trinajstić information content (AvgIpc) is 3.36. The van der Waals surface area contributed by atoms with Crippen molar-refractivity contribution >= 4 is 44.7 Å². The molecule has 1 aliphatic heterocycles. The number of nitrogens with zero attached hydrogens (tertiary/aromatic N) is 3. The van der Waals surface area contributed by atoms with E-state index in [2.05, 4.69) is 39.8 Å². The minimum atomic E-state index is -0.384. The van der Waals surface area contributed by atoms with Crippen LogP contribution in [0.4, 0.5) is 10.8 Å². The van der Waals surface area contributed by atoms with Gasteiger partial charge in [-0.3, -0.25) is 9.59 Å². The molecule has 5 rings (SSSR count). The Kier molecular flexibility index (Phi) is 3.72. The molecule has 1 atom stereocenters. The Bertz CT molecular complexity index is 1080. The third kappa shape index (κ3) is 2.70. The fourth-order valence-electron chi connectivity index (χ4n) is 4.14. The van der Waals surface area contributed by atoms with Gasteiger partial charge in [-0.2, -0.15) is 0 Å². The van der Waals surface area contributed by atoms with E-state index in [1.807, 2.05) is 13.0 Å². The summed E-state index contributed by atoms with van der Waals surface area (Å²) >= 11 is 1.33. The van der Waals surface area contributed by atoms with Crippen LogP contribution < -0.4 is 10.2 Å². The Morgan fingerprint density at radius 1 is 1.19 bits per heavy atom. The van der Waals surface area contributed by atoms with Gasteiger partial charge in [-0.15, -0.1) is 10.2 Å². The van der Waals surface area contributed by atoms with Crippen LogP contribution in [0.5, 0.6) is 0 Å². The zero-order valence-corrected chi connectivity index (χ0v) is 15.7. The summed E-state index contributed by atoms with van der Waals surface area (Å²) in [6, 6.07) is 10.4. The number of carbonyl (C=O) groups is 2. The highest BCUT2D eigenvalue weighted by Crippen LogP contribution is 2.38. The van der Waals surface area contributed by atoms with Gasteiger partial charge in [-0.05, 0) is 42.3 Å². The summed E-state index contributed by atoms with van der Waals surface area (Å²) in [5.41, 5.74) is 3.60. The molecule has 136 valence electrons. The zero-order chi connectivity index (χ0) is 18.5. The van der Waals surface area contributed by atoms with Gasteiger partial charge in [0, 0.05) is 18.4 Å². The van der Waals surface area contributed by atoms with Crippen molar-refractivity contribution in [3.05, 3.63) is 46.5 Å². The molecule has 0 bridgehead atoms. The van der Waals surface area contributed by atoms with Gasteiger partial charge in [0.05, 0.1) is 11.6 Å². The van der Waals surface area contributed by atoms with Crippen molar-refractivity contribution in [2.24, 2.45) is 5.92 Å². The molecular formula is C20H18N4O2S. The fourth-order valence-corrected chi connectivity index (χ4v) is 4.73. The second-order valence-corrected chi connectivity index (χ2v) is 8.29. The van der Waals surface area contributed by atoms with Crippen LogP contribution in [0.15, 0.2) is 30.3 Å². The van der Waals surface area contributed by atoms with Gasteiger partial charge in [-0.25, -0.2) is 0 Å². The highest BCUT2D eigenvalue weighted by molar-refractivity contribution is 7.15. The van der Waals surface area contributed by atoms with Crippen molar-refractivity contribution in [2.45, 2.75) is 26.2 Å². The molecule has 27 heavy (non-hydrogen) atoms. The van der Waals surface area contributed by atoms with Crippen LogP contribution >= 0.6 is 11.3 Å². The number of rotatable bonds is 3. The van der Waals surface area contributed by atoms with Crippen molar-refractivity contribution in [3.63, 3.8) is 0 Å². The molecule has 3 aromatic rings. The number of hydrogen-bond acceptors (Lipinski definition) is 5. The van der Waals surface area contributed by atoms with E-state index in [4.69, 9.17) is 0 Å². The molecule has 2 amide bonds. The Morgan fingerprint density at radius 3 is 2.78 bits per heavy atom. The molecule has 1 saturated heterocycles. The minimum Gasteiger partial charge on any atom is -0.311 e. The number of carbonyl (C=O) groups excluding carboxylic acids is 2. The summed E-state index contributed by atoms with van der Waals surface area (Å²) in [6.45, 7) is 2.23. The molecule has 1 aromatic heterocycles. The first-order valence-electron chi connectivity index (χ1n) is 9.05. The molecule has 6 nitrogen and oxygen atoms in total. The van der Waals surface area contributed by atoms with Crippen LogP contribution in [0.2, 0.25) is 0 Å². The number of aromatic nitrogens is 2. The fraction of sp³-hybridized carbons (Fsp3) is 0.300. The quantitative estimate of drug-likeness (QED) is 0.760. The van der Waals surface area contributed by atoms with Crippen LogP contribution in [-0.4, -0.2) is 28.6 Å². The zero-order valence-electron chi connectivity index (χ0n) is 14.9. The molecule has 1 N–H and O–H groups in total. The van der Waals surface area contributed by atoms with Crippen molar-refractivity contribution in [2.75, 3.05) is 16.8 Å². The maximum absolute atomic E-state index is 12.7. The van der Waals surface area contributed by atoms with E-state index in [0.717, 1.165) is 28.9 Å². The summed E-state index contributed by atoms with van der Waals surface area (Å²) in [4.78, 5) is 27.0. The summed E-state index contributed by atoms with van der Waals surface area (Å²) in [5, 5.41) is 14.3. The van der Waals surface area contributed by atoms with Crippen LogP contribution in [0.25, 0.3) is 10.8 Å². The van der Waals surface area contributed by atoms with Crippen molar-refractivity contribution in [1.29, 1.82) is 0 Å². The molecule has 0 saturated carbocycles. The van der Waals surface area contributed by atoms with Crippen LogP contribution in [-0.2, 0) is 22.4 Å². The number of anilines is 2. The number of amides is 2. The lowest BCUT2D eigenvalue weighted by Crippen LogP contribution is -2.28. The molecule has 1 fully saturated rings. The third-order valence-corrected chi connectivity index (χ3v) is 6.15. The van der Waals surface area contributed by atoms with Crippen molar-refractivity contribution in [3.8, 4) is 0 Å². The molecular weight excluding hydrogens is 360 g/mol. The van der Waals surface area contributed by atoms with Gasteiger partial charge in [0.2, 0.25) is 16.9 Å². The monoisotopic (exact) mass is 378 g/mol. The molecule has 2 aliphatic rings. The summed E-state index contributed by atoms with van der Waals surface area (Å²) in [6.07, 6.45) is 2.32. The predicted octanol–water partition coefficient (Wildman–Crippen LogP) is 3.09. The van der Waals surface area contributed by atoms with E-state index in [1.54, 1.807) is 4.90 Å². The first kappa shape index (κ1) is 16.4. The van der Waals surface area contributed by atoms with E-state index in [-0.39, 0.29) is 24.2 Å². The normalized spacial score (nSPS) is 18.5. The van der Waals surface area contributed by atoms with Crippen LogP contribution in [0, 0.1) is 12.8 Å². The van der Waals surface area contributed by atoms with Gasteiger partial charge in [0.15, 0.2) is 0 Å². The molecule has 2 heterocycles. The number of benzene rings is 2. The standard InChI is InChI=1S/C20H18N4O2S/c1-11-22-23-20(27-11)21-19(26)14-9-17(25)24(10-14)16-8-7-13-6-5-12-3-2-4-15(16)18(12)13/h2-4,7-8,14H,5-6,9-10H2,1H3,(H,21,23,26)/t14-/m1/s1. The van der Waals surface area contributed by atoms with Crippen LogP contribution in [0.3, 0.4) is 0 Å². The molecule has 1 aliphatic carbocycles. The Labute approximate surface area is 160 Å². The van der Waals surface area contributed by atoms with Crippen LogP contribution in [0.1, 0.15) is 22.6 Å². The van der Waals surface area contributed by atoms with Gasteiger partial charge in [0.1, 0.15) is 5.01 Å². The van der Waals surface area contributed by atoms with Gasteiger partial charge >= 0.3 is 0 Å². The second kappa shape index (κ2) is 6.13. The first-order valence-corrected chi connectivity index (χ1v) is 9.86. The molecule has 7 heteroatoms. The third-order valence-electron chi connectivity index (χ3n) is 5.40. The maximum atomic E-state index is 12.7. The maximum Gasteiger partial charge on any atom is 0.231 e. The number of aryl methyl sites for hydroxylation is 3. The number of hydrogen-bond donors (Lipinski definition) is 1. The van der Waals surface area contributed by atoms with E-state index < -0.39 is 0 Å². The largest absolute Gasteiger partial charge is 0.311 e. The molecule has 0 radical (unpaired) electrons.